The molecule has 0 unspecified atom stereocenters. The Hall–Kier alpha value is -5.59. The molecule has 3 nitrogen and oxygen atoms in total. The summed E-state index contributed by atoms with van der Waals surface area (Å²) >= 11 is 0. The standard InChI is InChI=1S/C37H23N3/c1-38-27-11-9-13-29(24-27)40-36-19-7-4-16-32(36)33-21-20-26(23-37(33)40)25-10-8-12-28(22-25)39-34-17-5-2-14-30(34)31-15-3-6-18-35(31)39/h2-24H. The van der Waals surface area contributed by atoms with E-state index in [0.717, 1.165) is 33.5 Å². The van der Waals surface area contributed by atoms with Gasteiger partial charge in [-0.15, -0.1) is 0 Å². The van der Waals surface area contributed by atoms with Gasteiger partial charge in [-0.25, -0.2) is 4.85 Å². The Morgan fingerprint density at radius 2 is 0.900 bits per heavy atom. The molecule has 6 aromatic carbocycles. The van der Waals surface area contributed by atoms with Crippen LogP contribution in [0.3, 0.4) is 0 Å². The van der Waals surface area contributed by atoms with Crippen LogP contribution >= 0.6 is 0 Å². The SMILES string of the molecule is [C-]#[N+]c1cccc(-n2c3ccccc3c3ccc(-c4cccc(-n5c6ccccc6c6ccccc65)c4)cc32)c1. The normalized spacial score (nSPS) is 11.5. The lowest BCUT2D eigenvalue weighted by Gasteiger charge is -2.12. The molecule has 0 N–H and O–H groups in total. The van der Waals surface area contributed by atoms with Gasteiger partial charge in [-0.3, -0.25) is 0 Å². The minimum absolute atomic E-state index is 0.637. The van der Waals surface area contributed by atoms with Crippen LogP contribution in [0.2, 0.25) is 0 Å². The summed E-state index contributed by atoms with van der Waals surface area (Å²) in [6.07, 6.45) is 0. The van der Waals surface area contributed by atoms with E-state index in [1.54, 1.807) is 0 Å². The molecular formula is C37H23N3. The second-order valence-electron chi connectivity index (χ2n) is 10.1. The van der Waals surface area contributed by atoms with E-state index in [2.05, 4.69) is 135 Å². The average molecular weight is 510 g/mol. The van der Waals surface area contributed by atoms with Crippen molar-refractivity contribution in [1.82, 2.24) is 9.13 Å². The van der Waals surface area contributed by atoms with E-state index >= 15 is 0 Å². The van der Waals surface area contributed by atoms with E-state index in [1.165, 1.54) is 32.6 Å². The Balaban J connectivity index is 1.35. The Morgan fingerprint density at radius 3 is 1.52 bits per heavy atom. The van der Waals surface area contributed by atoms with Gasteiger partial charge in [-0.05, 0) is 59.7 Å². The first-order chi connectivity index (χ1) is 19.8. The van der Waals surface area contributed by atoms with Gasteiger partial charge in [0.25, 0.3) is 0 Å². The summed E-state index contributed by atoms with van der Waals surface area (Å²) in [6.45, 7) is 7.53. The third-order valence-corrected chi connectivity index (χ3v) is 7.91. The highest BCUT2D eigenvalue weighted by Crippen LogP contribution is 2.37. The molecule has 0 saturated heterocycles. The fraction of sp³-hybridized carbons (Fsp3) is 0. The molecule has 0 radical (unpaired) electrons. The zero-order valence-corrected chi connectivity index (χ0v) is 21.6. The molecule has 186 valence electrons. The summed E-state index contributed by atoms with van der Waals surface area (Å²) in [5, 5.41) is 4.93. The van der Waals surface area contributed by atoms with Gasteiger partial charge in [0, 0.05) is 32.9 Å². The molecule has 0 fully saturated rings. The van der Waals surface area contributed by atoms with Crippen LogP contribution in [0.5, 0.6) is 0 Å². The molecule has 0 atom stereocenters. The van der Waals surface area contributed by atoms with Crippen LogP contribution in [0.4, 0.5) is 5.69 Å². The number of para-hydroxylation sites is 3. The van der Waals surface area contributed by atoms with Crippen LogP contribution in [0, 0.1) is 6.57 Å². The fourth-order valence-electron chi connectivity index (χ4n) is 6.16. The number of rotatable bonds is 3. The van der Waals surface area contributed by atoms with Gasteiger partial charge in [-0.1, -0.05) is 91.0 Å². The molecule has 2 aromatic heterocycles. The summed E-state index contributed by atoms with van der Waals surface area (Å²) in [5.74, 6) is 0. The van der Waals surface area contributed by atoms with Crippen molar-refractivity contribution in [2.24, 2.45) is 0 Å². The van der Waals surface area contributed by atoms with Crippen LogP contribution in [-0.4, -0.2) is 9.13 Å². The van der Waals surface area contributed by atoms with Crippen LogP contribution in [0.25, 0.3) is 71.0 Å². The highest BCUT2D eigenvalue weighted by atomic mass is 15.0. The molecule has 40 heavy (non-hydrogen) atoms. The molecule has 0 aliphatic carbocycles. The van der Waals surface area contributed by atoms with Crippen molar-refractivity contribution in [3.8, 4) is 22.5 Å². The number of fused-ring (bicyclic) bond motifs is 6. The molecule has 0 aliphatic rings. The second-order valence-corrected chi connectivity index (χ2v) is 10.1. The lowest BCUT2D eigenvalue weighted by molar-refractivity contribution is 1.18. The molecule has 0 spiro atoms. The smallest absolute Gasteiger partial charge is 0.189 e. The zero-order chi connectivity index (χ0) is 26.6. The molecule has 0 saturated carbocycles. The van der Waals surface area contributed by atoms with Gasteiger partial charge in [0.1, 0.15) is 0 Å². The van der Waals surface area contributed by atoms with Crippen LogP contribution < -0.4 is 0 Å². The Labute approximate surface area is 231 Å². The summed E-state index contributed by atoms with van der Waals surface area (Å²) in [5.41, 5.74) is 9.76. The summed E-state index contributed by atoms with van der Waals surface area (Å²) in [6, 6.07) is 49.1. The largest absolute Gasteiger partial charge is 0.310 e. The minimum atomic E-state index is 0.637. The van der Waals surface area contributed by atoms with E-state index in [-0.39, 0.29) is 0 Å². The van der Waals surface area contributed by atoms with Gasteiger partial charge in [0.2, 0.25) is 0 Å². The molecule has 0 aliphatic heterocycles. The lowest BCUT2D eigenvalue weighted by Crippen LogP contribution is -1.95. The first kappa shape index (κ1) is 22.4. The number of benzene rings is 6. The molecular weight excluding hydrogens is 486 g/mol. The Kier molecular flexibility index (Phi) is 4.89. The molecule has 3 heteroatoms. The zero-order valence-electron chi connectivity index (χ0n) is 21.6. The van der Waals surface area contributed by atoms with Crippen LogP contribution in [-0.2, 0) is 0 Å². The van der Waals surface area contributed by atoms with Crippen LogP contribution in [0.15, 0.2) is 140 Å². The molecule has 8 aromatic rings. The van der Waals surface area contributed by atoms with E-state index in [0.29, 0.717) is 5.69 Å². The highest BCUT2D eigenvalue weighted by Gasteiger charge is 2.15. The van der Waals surface area contributed by atoms with Crippen molar-refractivity contribution in [2.45, 2.75) is 0 Å². The molecule has 2 heterocycles. The van der Waals surface area contributed by atoms with Crippen molar-refractivity contribution in [1.29, 1.82) is 0 Å². The minimum Gasteiger partial charge on any atom is -0.310 e. The third-order valence-electron chi connectivity index (χ3n) is 7.91. The molecule has 8 rings (SSSR count). The Bertz CT molecular complexity index is 2240. The fourth-order valence-corrected chi connectivity index (χ4v) is 6.16. The van der Waals surface area contributed by atoms with E-state index in [4.69, 9.17) is 6.57 Å². The maximum atomic E-state index is 7.53. The van der Waals surface area contributed by atoms with Crippen molar-refractivity contribution < 1.29 is 0 Å². The quantitative estimate of drug-likeness (QED) is 0.210. The maximum absolute atomic E-state index is 7.53. The summed E-state index contributed by atoms with van der Waals surface area (Å²) in [4.78, 5) is 3.68. The van der Waals surface area contributed by atoms with Gasteiger partial charge in [0.15, 0.2) is 5.69 Å². The first-order valence-corrected chi connectivity index (χ1v) is 13.4. The highest BCUT2D eigenvalue weighted by molar-refractivity contribution is 6.11. The van der Waals surface area contributed by atoms with E-state index in [1.807, 2.05) is 18.2 Å². The van der Waals surface area contributed by atoms with E-state index in [9.17, 15) is 0 Å². The van der Waals surface area contributed by atoms with Gasteiger partial charge in [0.05, 0.1) is 28.6 Å². The number of hydrogen-bond donors (Lipinski definition) is 0. The van der Waals surface area contributed by atoms with Gasteiger partial charge < -0.3 is 9.13 Å². The number of hydrogen-bond acceptors (Lipinski definition) is 0. The third kappa shape index (κ3) is 3.30. The van der Waals surface area contributed by atoms with Crippen molar-refractivity contribution >= 4 is 49.3 Å². The first-order valence-electron chi connectivity index (χ1n) is 13.4. The molecule has 0 bridgehead atoms. The van der Waals surface area contributed by atoms with Crippen molar-refractivity contribution in [3.05, 3.63) is 151 Å². The average Bonchev–Trinajstić information content (AvgIpc) is 3.54. The van der Waals surface area contributed by atoms with Gasteiger partial charge >= 0.3 is 0 Å². The summed E-state index contributed by atoms with van der Waals surface area (Å²) in [7, 11) is 0. The second kappa shape index (κ2) is 8.73. The Morgan fingerprint density at radius 1 is 0.400 bits per heavy atom. The lowest BCUT2D eigenvalue weighted by atomic mass is 10.0. The predicted octanol–water partition coefficient (Wildman–Crippen LogP) is 10.1. The summed E-state index contributed by atoms with van der Waals surface area (Å²) < 4.78 is 4.64. The number of nitrogens with zero attached hydrogens (tertiary/aromatic N) is 3. The monoisotopic (exact) mass is 509 g/mol. The maximum Gasteiger partial charge on any atom is 0.189 e. The molecule has 0 amide bonds. The van der Waals surface area contributed by atoms with Crippen LogP contribution in [0.1, 0.15) is 0 Å². The van der Waals surface area contributed by atoms with E-state index < -0.39 is 0 Å². The van der Waals surface area contributed by atoms with Gasteiger partial charge in [-0.2, -0.15) is 0 Å². The van der Waals surface area contributed by atoms with Crippen molar-refractivity contribution in [2.75, 3.05) is 0 Å². The number of aromatic nitrogens is 2. The van der Waals surface area contributed by atoms with Crippen molar-refractivity contribution in [3.63, 3.8) is 0 Å². The topological polar surface area (TPSA) is 14.2 Å². The predicted molar refractivity (Wildman–Crippen MR) is 167 cm³/mol.